The summed E-state index contributed by atoms with van der Waals surface area (Å²) in [6.07, 6.45) is -6.26. The molecule has 11 heavy (non-hydrogen) atoms. The Kier molecular flexibility index (Phi) is 3.71. The standard InChI is InChI=1S/C5H7F5O/c1-11-3(2-6)5(9,10)4(7)8/h3-4H,2H2,1H3. The maximum Gasteiger partial charge on any atom is 0.335 e. The SMILES string of the molecule is COC(CF)C(F)(F)C(F)F. The van der Waals surface area contributed by atoms with Crippen LogP contribution in [0.15, 0.2) is 0 Å². The van der Waals surface area contributed by atoms with Crippen LogP contribution in [0.4, 0.5) is 22.0 Å². The average Bonchev–Trinajstić information content (AvgIpc) is 1.89. The summed E-state index contributed by atoms with van der Waals surface area (Å²) < 4.78 is 62.5. The number of halogens is 5. The fourth-order valence-corrected chi connectivity index (χ4v) is 0.464. The van der Waals surface area contributed by atoms with Crippen molar-refractivity contribution >= 4 is 0 Å². The second-order valence-corrected chi connectivity index (χ2v) is 1.85. The number of methoxy groups -OCH3 is 1. The van der Waals surface area contributed by atoms with Gasteiger partial charge in [0.25, 0.3) is 0 Å². The number of ether oxygens (including phenoxy) is 1. The van der Waals surface area contributed by atoms with Gasteiger partial charge in [0.1, 0.15) is 6.67 Å². The van der Waals surface area contributed by atoms with Gasteiger partial charge in [-0.1, -0.05) is 0 Å². The van der Waals surface area contributed by atoms with Gasteiger partial charge in [-0.2, -0.15) is 8.78 Å². The Balaban J connectivity index is 4.24. The fraction of sp³-hybridized carbons (Fsp3) is 1.00. The number of hydrogen-bond acceptors (Lipinski definition) is 1. The zero-order valence-electron chi connectivity index (χ0n) is 5.66. The van der Waals surface area contributed by atoms with Crippen LogP contribution in [0.1, 0.15) is 0 Å². The van der Waals surface area contributed by atoms with E-state index in [1.165, 1.54) is 0 Å². The topological polar surface area (TPSA) is 9.23 Å². The van der Waals surface area contributed by atoms with Crippen molar-refractivity contribution < 1.29 is 26.7 Å². The Bertz CT molecular complexity index is 111. The molecule has 0 aliphatic rings. The minimum atomic E-state index is -4.41. The molecule has 0 aliphatic carbocycles. The first kappa shape index (κ1) is 10.6. The quantitative estimate of drug-likeness (QED) is 0.597. The molecule has 0 fully saturated rings. The van der Waals surface area contributed by atoms with Crippen LogP contribution in [0.25, 0.3) is 0 Å². The van der Waals surface area contributed by atoms with Crippen LogP contribution in [0.3, 0.4) is 0 Å². The molecule has 1 unspecified atom stereocenters. The molecule has 1 nitrogen and oxygen atoms in total. The Labute approximate surface area is 60.1 Å². The monoisotopic (exact) mass is 178 g/mol. The number of hydrogen-bond donors (Lipinski definition) is 0. The Morgan fingerprint density at radius 1 is 1.36 bits per heavy atom. The molecule has 6 heteroatoms. The van der Waals surface area contributed by atoms with Crippen molar-refractivity contribution in [1.29, 1.82) is 0 Å². The molecule has 0 aliphatic heterocycles. The van der Waals surface area contributed by atoms with Crippen LogP contribution < -0.4 is 0 Å². The smallest absolute Gasteiger partial charge is 0.335 e. The summed E-state index contributed by atoms with van der Waals surface area (Å²) in [4.78, 5) is 0. The van der Waals surface area contributed by atoms with Gasteiger partial charge in [0.05, 0.1) is 0 Å². The predicted molar refractivity (Wildman–Crippen MR) is 27.7 cm³/mol. The lowest BCUT2D eigenvalue weighted by Gasteiger charge is -2.21. The van der Waals surface area contributed by atoms with Gasteiger partial charge in [0.15, 0.2) is 6.10 Å². The Morgan fingerprint density at radius 3 is 1.91 bits per heavy atom. The summed E-state index contributed by atoms with van der Waals surface area (Å²) in [5, 5.41) is 0. The molecule has 0 N–H and O–H groups in total. The molecule has 0 heterocycles. The normalized spacial score (nSPS) is 15.5. The van der Waals surface area contributed by atoms with E-state index in [1.807, 2.05) is 0 Å². The van der Waals surface area contributed by atoms with Gasteiger partial charge in [-0.25, -0.2) is 13.2 Å². The van der Waals surface area contributed by atoms with Gasteiger partial charge in [-0.05, 0) is 0 Å². The zero-order valence-corrected chi connectivity index (χ0v) is 5.66. The van der Waals surface area contributed by atoms with Crippen molar-refractivity contribution in [2.45, 2.75) is 18.5 Å². The molecule has 0 amide bonds. The van der Waals surface area contributed by atoms with Crippen LogP contribution in [-0.4, -0.2) is 32.2 Å². The molecule has 68 valence electrons. The van der Waals surface area contributed by atoms with Crippen molar-refractivity contribution in [1.82, 2.24) is 0 Å². The van der Waals surface area contributed by atoms with Gasteiger partial charge < -0.3 is 4.74 Å². The van der Waals surface area contributed by atoms with E-state index in [4.69, 9.17) is 0 Å². The molecule has 0 bridgehead atoms. The maximum atomic E-state index is 12.1. The van der Waals surface area contributed by atoms with E-state index >= 15 is 0 Å². The van der Waals surface area contributed by atoms with Crippen molar-refractivity contribution in [3.05, 3.63) is 0 Å². The first-order valence-corrected chi connectivity index (χ1v) is 2.71. The Hall–Kier alpha value is -0.390. The van der Waals surface area contributed by atoms with Crippen LogP contribution >= 0.6 is 0 Å². The first-order valence-electron chi connectivity index (χ1n) is 2.71. The molecule has 0 radical (unpaired) electrons. The molecular formula is C5H7F5O. The highest BCUT2D eigenvalue weighted by molar-refractivity contribution is 4.79. The van der Waals surface area contributed by atoms with Crippen molar-refractivity contribution in [2.24, 2.45) is 0 Å². The number of rotatable bonds is 4. The third kappa shape index (κ3) is 2.28. The summed E-state index contributed by atoms with van der Waals surface area (Å²) in [5.74, 6) is -4.41. The van der Waals surface area contributed by atoms with E-state index in [-0.39, 0.29) is 0 Å². The largest absolute Gasteiger partial charge is 0.372 e. The van der Waals surface area contributed by atoms with Gasteiger partial charge in [0, 0.05) is 7.11 Å². The minimum absolute atomic E-state index is 0.751. The molecule has 0 rings (SSSR count). The predicted octanol–water partition coefficient (Wildman–Crippen LogP) is 1.87. The fourth-order valence-electron chi connectivity index (χ4n) is 0.464. The summed E-state index contributed by atoms with van der Waals surface area (Å²) in [6.45, 7) is -1.63. The molecule has 0 spiro atoms. The van der Waals surface area contributed by atoms with Crippen molar-refractivity contribution in [3.8, 4) is 0 Å². The van der Waals surface area contributed by atoms with Gasteiger partial charge in [-0.15, -0.1) is 0 Å². The van der Waals surface area contributed by atoms with E-state index in [0.717, 1.165) is 7.11 Å². The zero-order chi connectivity index (χ0) is 9.07. The molecule has 1 atom stereocenters. The van der Waals surface area contributed by atoms with E-state index in [2.05, 4.69) is 4.74 Å². The second-order valence-electron chi connectivity index (χ2n) is 1.85. The van der Waals surface area contributed by atoms with Crippen LogP contribution in [0.5, 0.6) is 0 Å². The summed E-state index contributed by atoms with van der Waals surface area (Å²) in [6, 6.07) is 0. The molecule has 0 saturated carbocycles. The summed E-state index contributed by atoms with van der Waals surface area (Å²) in [7, 11) is 0.751. The molecule has 0 aromatic carbocycles. The second kappa shape index (κ2) is 3.85. The molecule has 0 aromatic rings. The lowest BCUT2D eigenvalue weighted by molar-refractivity contribution is -0.203. The van der Waals surface area contributed by atoms with Crippen LogP contribution in [0.2, 0.25) is 0 Å². The van der Waals surface area contributed by atoms with Crippen molar-refractivity contribution in [3.63, 3.8) is 0 Å². The summed E-state index contributed by atoms with van der Waals surface area (Å²) >= 11 is 0. The van der Waals surface area contributed by atoms with E-state index in [1.54, 1.807) is 0 Å². The third-order valence-electron chi connectivity index (χ3n) is 1.14. The minimum Gasteiger partial charge on any atom is -0.372 e. The van der Waals surface area contributed by atoms with E-state index in [9.17, 15) is 22.0 Å². The first-order chi connectivity index (χ1) is 4.96. The van der Waals surface area contributed by atoms with Crippen molar-refractivity contribution in [2.75, 3.05) is 13.8 Å². The highest BCUT2D eigenvalue weighted by Gasteiger charge is 2.49. The van der Waals surface area contributed by atoms with Gasteiger partial charge in [-0.3, -0.25) is 0 Å². The van der Waals surface area contributed by atoms with Gasteiger partial charge >= 0.3 is 12.3 Å². The van der Waals surface area contributed by atoms with E-state index < -0.39 is 25.1 Å². The van der Waals surface area contributed by atoms with Crippen LogP contribution in [-0.2, 0) is 4.74 Å². The third-order valence-corrected chi connectivity index (χ3v) is 1.14. The molecular weight excluding hydrogens is 171 g/mol. The average molecular weight is 178 g/mol. The Morgan fingerprint density at radius 2 is 1.82 bits per heavy atom. The molecule has 0 aromatic heterocycles. The lowest BCUT2D eigenvalue weighted by atomic mass is 10.2. The highest BCUT2D eigenvalue weighted by atomic mass is 19.3. The maximum absolute atomic E-state index is 12.1. The lowest BCUT2D eigenvalue weighted by Crippen LogP contribution is -2.42. The molecule has 0 saturated heterocycles. The number of alkyl halides is 5. The van der Waals surface area contributed by atoms with Crippen LogP contribution in [0, 0.1) is 0 Å². The highest BCUT2D eigenvalue weighted by Crippen LogP contribution is 2.28. The van der Waals surface area contributed by atoms with E-state index in [0.29, 0.717) is 0 Å². The summed E-state index contributed by atoms with van der Waals surface area (Å²) in [5.41, 5.74) is 0. The van der Waals surface area contributed by atoms with Gasteiger partial charge in [0.2, 0.25) is 0 Å².